The Labute approximate surface area is 219 Å². The zero-order valence-corrected chi connectivity index (χ0v) is 20.8. The third-order valence-electron chi connectivity index (χ3n) is 5.66. The van der Waals surface area contributed by atoms with E-state index in [0.29, 0.717) is 6.42 Å². The summed E-state index contributed by atoms with van der Waals surface area (Å²) < 4.78 is 1.61. The lowest BCUT2D eigenvalue weighted by molar-refractivity contribution is -0.141. The van der Waals surface area contributed by atoms with Crippen LogP contribution in [0.5, 0.6) is 0 Å². The highest BCUT2D eigenvalue weighted by atomic mass is 16.4. The minimum absolute atomic E-state index is 0.282. The molecule has 4 aromatic rings. The van der Waals surface area contributed by atoms with Crippen LogP contribution in [0.25, 0.3) is 22.3 Å². The molecule has 10 heteroatoms. The van der Waals surface area contributed by atoms with Gasteiger partial charge in [-0.1, -0.05) is 54.6 Å². The van der Waals surface area contributed by atoms with Gasteiger partial charge in [-0.05, 0) is 28.3 Å². The second kappa shape index (κ2) is 13.6. The smallest absolute Gasteiger partial charge is 0.306 e. The molecule has 38 heavy (non-hydrogen) atoms. The molecule has 2 aromatic heterocycles. The van der Waals surface area contributed by atoms with Crippen LogP contribution >= 0.6 is 0 Å². The fourth-order valence-corrected chi connectivity index (χ4v) is 3.88. The number of aliphatic hydroxyl groups excluding tert-OH is 1. The SMILES string of the molecule is CC(=O)O.O=C(O)C[C@H](C(=O)N[C@H](CO)Cc1cnc[nH]1)n1ccc(-c2ccc(-c3ccccc3)cc2)c1. The summed E-state index contributed by atoms with van der Waals surface area (Å²) in [5.74, 6) is -2.39. The molecule has 0 radical (unpaired) electrons. The normalized spacial score (nSPS) is 12.1. The van der Waals surface area contributed by atoms with Crippen LogP contribution in [0.3, 0.4) is 0 Å². The lowest BCUT2D eigenvalue weighted by Crippen LogP contribution is -2.43. The Kier molecular flexibility index (Phi) is 9.95. The number of hydrogen-bond acceptors (Lipinski definition) is 5. The number of carboxylic acids is 2. The van der Waals surface area contributed by atoms with Crippen molar-refractivity contribution < 1.29 is 29.7 Å². The van der Waals surface area contributed by atoms with Gasteiger partial charge in [-0.15, -0.1) is 0 Å². The van der Waals surface area contributed by atoms with Crippen molar-refractivity contribution in [1.29, 1.82) is 0 Å². The molecule has 0 aliphatic rings. The van der Waals surface area contributed by atoms with Crippen LogP contribution in [0, 0.1) is 0 Å². The Morgan fingerprint density at radius 2 is 1.55 bits per heavy atom. The maximum atomic E-state index is 13.0. The summed E-state index contributed by atoms with van der Waals surface area (Å²) in [6.07, 6.45) is 6.59. The van der Waals surface area contributed by atoms with Crippen molar-refractivity contribution in [3.05, 3.63) is 91.3 Å². The highest BCUT2D eigenvalue weighted by molar-refractivity contribution is 5.85. The van der Waals surface area contributed by atoms with Gasteiger partial charge in [0.2, 0.25) is 5.91 Å². The van der Waals surface area contributed by atoms with Gasteiger partial charge in [-0.2, -0.15) is 0 Å². The molecule has 0 aliphatic carbocycles. The standard InChI is InChI=1S/C26H26N4O4.C2H4O2/c31-16-23(12-22-14-27-17-28-22)29-26(34)24(13-25(32)33)30-11-10-21(15-30)20-8-6-19(7-9-20)18-4-2-1-3-5-18;1-2(3)4/h1-11,14-15,17,23-24,31H,12-13,16H2,(H,27,28)(H,29,34)(H,32,33);1H3,(H,3,4)/t23-,24+;/m0./s1. The van der Waals surface area contributed by atoms with E-state index < -0.39 is 29.9 Å². The van der Waals surface area contributed by atoms with Gasteiger partial charge in [-0.25, -0.2) is 4.98 Å². The maximum Gasteiger partial charge on any atom is 0.306 e. The average molecular weight is 519 g/mol. The fourth-order valence-electron chi connectivity index (χ4n) is 3.88. The molecule has 0 unspecified atom stereocenters. The van der Waals surface area contributed by atoms with E-state index >= 15 is 0 Å². The highest BCUT2D eigenvalue weighted by Crippen LogP contribution is 2.26. The largest absolute Gasteiger partial charge is 0.481 e. The quantitative estimate of drug-likeness (QED) is 0.215. The number of H-pyrrole nitrogens is 1. The number of carbonyl (C=O) groups is 3. The van der Waals surface area contributed by atoms with Gasteiger partial charge in [-0.3, -0.25) is 14.4 Å². The summed E-state index contributed by atoms with van der Waals surface area (Å²) in [7, 11) is 0. The topological polar surface area (TPSA) is 158 Å². The van der Waals surface area contributed by atoms with Crippen molar-refractivity contribution in [3.63, 3.8) is 0 Å². The fraction of sp³-hybridized carbons (Fsp3) is 0.214. The minimum Gasteiger partial charge on any atom is -0.481 e. The molecule has 0 saturated carbocycles. The Balaban J connectivity index is 0.000000934. The molecular weight excluding hydrogens is 488 g/mol. The van der Waals surface area contributed by atoms with E-state index in [0.717, 1.165) is 34.9 Å². The Bertz CT molecular complexity index is 1310. The third-order valence-corrected chi connectivity index (χ3v) is 5.66. The van der Waals surface area contributed by atoms with Crippen molar-refractivity contribution >= 4 is 17.8 Å². The number of aliphatic carboxylic acids is 2. The second-order valence-electron chi connectivity index (χ2n) is 8.59. The summed E-state index contributed by atoms with van der Waals surface area (Å²) in [5, 5.41) is 29.3. The molecule has 2 heterocycles. The van der Waals surface area contributed by atoms with E-state index in [1.807, 2.05) is 60.7 Å². The van der Waals surface area contributed by atoms with E-state index in [4.69, 9.17) is 9.90 Å². The van der Waals surface area contributed by atoms with Crippen LogP contribution in [-0.4, -0.2) is 60.3 Å². The van der Waals surface area contributed by atoms with E-state index in [-0.39, 0.29) is 13.0 Å². The van der Waals surface area contributed by atoms with E-state index in [2.05, 4.69) is 15.3 Å². The summed E-state index contributed by atoms with van der Waals surface area (Å²) in [5.41, 5.74) is 4.81. The van der Waals surface area contributed by atoms with Gasteiger partial charge in [0.05, 0.1) is 25.4 Å². The number of amides is 1. The number of hydrogen-bond donors (Lipinski definition) is 5. The number of nitrogens with zero attached hydrogens (tertiary/aromatic N) is 2. The van der Waals surface area contributed by atoms with Gasteiger partial charge >= 0.3 is 5.97 Å². The monoisotopic (exact) mass is 518 g/mol. The van der Waals surface area contributed by atoms with Gasteiger partial charge < -0.3 is 30.2 Å². The number of aromatic nitrogens is 3. The van der Waals surface area contributed by atoms with Crippen molar-refractivity contribution in [1.82, 2.24) is 19.9 Å². The molecule has 10 nitrogen and oxygen atoms in total. The van der Waals surface area contributed by atoms with Gasteiger partial charge in [0.15, 0.2) is 0 Å². The number of carboxylic acid groups (broad SMARTS) is 2. The molecule has 0 spiro atoms. The Morgan fingerprint density at radius 3 is 2.11 bits per heavy atom. The second-order valence-corrected chi connectivity index (χ2v) is 8.59. The summed E-state index contributed by atoms with van der Waals surface area (Å²) in [6.45, 7) is 0.801. The number of nitrogens with one attached hydrogen (secondary N) is 2. The lowest BCUT2D eigenvalue weighted by Gasteiger charge is -2.21. The van der Waals surface area contributed by atoms with Crippen LogP contribution < -0.4 is 5.32 Å². The average Bonchev–Trinajstić information content (AvgIpc) is 3.60. The third kappa shape index (κ3) is 8.17. The Hall–Kier alpha value is -4.70. The zero-order chi connectivity index (χ0) is 27.5. The van der Waals surface area contributed by atoms with E-state index in [9.17, 15) is 19.8 Å². The Morgan fingerprint density at radius 1 is 0.947 bits per heavy atom. The molecule has 198 valence electrons. The van der Waals surface area contributed by atoms with Gasteiger partial charge in [0.1, 0.15) is 6.04 Å². The first-order valence-electron chi connectivity index (χ1n) is 11.9. The predicted molar refractivity (Wildman–Crippen MR) is 141 cm³/mol. The van der Waals surface area contributed by atoms with Crippen LogP contribution in [0.15, 0.2) is 85.6 Å². The van der Waals surface area contributed by atoms with Crippen molar-refractivity contribution in [3.8, 4) is 22.3 Å². The van der Waals surface area contributed by atoms with Crippen molar-refractivity contribution in [2.24, 2.45) is 0 Å². The van der Waals surface area contributed by atoms with E-state index in [1.54, 1.807) is 23.2 Å². The number of rotatable bonds is 10. The summed E-state index contributed by atoms with van der Waals surface area (Å²) in [4.78, 5) is 40.3. The summed E-state index contributed by atoms with van der Waals surface area (Å²) in [6, 6.07) is 18.5. The minimum atomic E-state index is -1.09. The van der Waals surface area contributed by atoms with Gasteiger partial charge in [0.25, 0.3) is 5.97 Å². The first-order valence-corrected chi connectivity index (χ1v) is 11.9. The molecule has 5 N–H and O–H groups in total. The first kappa shape index (κ1) is 27.9. The first-order chi connectivity index (χ1) is 18.3. The van der Waals surface area contributed by atoms with Gasteiger partial charge in [0, 0.05) is 37.6 Å². The molecule has 0 bridgehead atoms. The van der Waals surface area contributed by atoms with Crippen LogP contribution in [-0.2, 0) is 20.8 Å². The molecular formula is C28H30N4O6. The number of benzene rings is 2. The number of carbonyl (C=O) groups excluding carboxylic acids is 1. The number of aliphatic hydroxyl groups is 1. The molecule has 0 aliphatic heterocycles. The van der Waals surface area contributed by atoms with Crippen molar-refractivity contribution in [2.75, 3.05) is 6.61 Å². The van der Waals surface area contributed by atoms with Crippen LogP contribution in [0.4, 0.5) is 0 Å². The molecule has 2 aromatic carbocycles. The lowest BCUT2D eigenvalue weighted by atomic mass is 10.0. The van der Waals surface area contributed by atoms with Crippen molar-refractivity contribution in [2.45, 2.75) is 31.8 Å². The molecule has 1 amide bonds. The molecule has 2 atom stereocenters. The van der Waals surface area contributed by atoms with Crippen LogP contribution in [0.1, 0.15) is 25.1 Å². The molecule has 4 rings (SSSR count). The van der Waals surface area contributed by atoms with E-state index in [1.165, 1.54) is 6.33 Å². The number of aromatic amines is 1. The highest BCUT2D eigenvalue weighted by Gasteiger charge is 2.26. The zero-order valence-electron chi connectivity index (χ0n) is 20.8. The summed E-state index contributed by atoms with van der Waals surface area (Å²) >= 11 is 0. The van der Waals surface area contributed by atoms with Crippen LogP contribution in [0.2, 0.25) is 0 Å². The number of imidazole rings is 1. The maximum absolute atomic E-state index is 13.0. The predicted octanol–water partition coefficient (Wildman–Crippen LogP) is 3.37. The molecule has 0 fully saturated rings. The molecule has 0 saturated heterocycles.